The summed E-state index contributed by atoms with van der Waals surface area (Å²) in [5, 5.41) is 2.72. The summed E-state index contributed by atoms with van der Waals surface area (Å²) < 4.78 is 6.76. The van der Waals surface area contributed by atoms with E-state index in [4.69, 9.17) is 4.74 Å². The molecule has 1 aromatic rings. The number of carbonyl (C=O) groups is 1. The normalized spacial score (nSPS) is 12.1. The summed E-state index contributed by atoms with van der Waals surface area (Å²) in [4.78, 5) is 11.8. The number of hydrogen-bond acceptors (Lipinski definition) is 2. The molecule has 1 amide bonds. The summed E-state index contributed by atoms with van der Waals surface area (Å²) in [7, 11) is 0. The molecule has 0 radical (unpaired) electrons. The molecular formula is C15H20BrNO2. The van der Waals surface area contributed by atoms with Crippen molar-refractivity contribution < 1.29 is 9.53 Å². The Kier molecular flexibility index (Phi) is 6.09. The van der Waals surface area contributed by atoms with Crippen LogP contribution in [0.2, 0.25) is 0 Å². The minimum Gasteiger partial charge on any atom is -0.481 e. The van der Waals surface area contributed by atoms with Gasteiger partial charge in [-0.15, -0.1) is 6.58 Å². The molecule has 3 nitrogen and oxygen atoms in total. The Morgan fingerprint density at radius 2 is 2.16 bits per heavy atom. The average Bonchev–Trinajstić information content (AvgIpc) is 2.37. The second-order valence-electron chi connectivity index (χ2n) is 4.63. The fourth-order valence-corrected chi connectivity index (χ4v) is 2.02. The smallest absolute Gasteiger partial charge is 0.261 e. The topological polar surface area (TPSA) is 38.3 Å². The Morgan fingerprint density at radius 1 is 1.47 bits per heavy atom. The summed E-state index contributed by atoms with van der Waals surface area (Å²) >= 11 is 3.45. The van der Waals surface area contributed by atoms with E-state index >= 15 is 0 Å². The molecule has 0 aliphatic carbocycles. The van der Waals surface area contributed by atoms with E-state index in [0.29, 0.717) is 12.5 Å². The minimum atomic E-state index is -0.529. The lowest BCUT2D eigenvalue weighted by Gasteiger charge is -2.18. The number of carbonyl (C=O) groups excluding carboxylic acids is 1. The Bertz CT molecular complexity index is 457. The SMILES string of the molecule is C=CCNC(=O)C(C)Oc1ccc(Br)cc1C(C)C. The van der Waals surface area contributed by atoms with Crippen LogP contribution in [0.3, 0.4) is 0 Å². The summed E-state index contributed by atoms with van der Waals surface area (Å²) in [6.45, 7) is 9.94. The van der Waals surface area contributed by atoms with E-state index in [0.717, 1.165) is 15.8 Å². The highest BCUT2D eigenvalue weighted by molar-refractivity contribution is 9.10. The molecule has 0 bridgehead atoms. The molecule has 0 saturated carbocycles. The van der Waals surface area contributed by atoms with Crippen molar-refractivity contribution in [1.82, 2.24) is 5.32 Å². The first-order valence-electron chi connectivity index (χ1n) is 6.30. The molecule has 1 unspecified atom stereocenters. The van der Waals surface area contributed by atoms with E-state index in [-0.39, 0.29) is 5.91 Å². The van der Waals surface area contributed by atoms with Gasteiger partial charge < -0.3 is 10.1 Å². The van der Waals surface area contributed by atoms with Crippen LogP contribution in [0.4, 0.5) is 0 Å². The van der Waals surface area contributed by atoms with Crippen LogP contribution in [0.25, 0.3) is 0 Å². The molecule has 0 aromatic heterocycles. The highest BCUT2D eigenvalue weighted by Gasteiger charge is 2.16. The average molecular weight is 326 g/mol. The van der Waals surface area contributed by atoms with Gasteiger partial charge in [0.25, 0.3) is 5.91 Å². The van der Waals surface area contributed by atoms with Crippen LogP contribution in [0, 0.1) is 0 Å². The highest BCUT2D eigenvalue weighted by Crippen LogP contribution is 2.30. The van der Waals surface area contributed by atoms with E-state index in [2.05, 4.69) is 41.7 Å². The second-order valence-corrected chi connectivity index (χ2v) is 5.55. The van der Waals surface area contributed by atoms with Crippen LogP contribution in [0.15, 0.2) is 35.3 Å². The van der Waals surface area contributed by atoms with Crippen molar-refractivity contribution in [3.8, 4) is 5.75 Å². The van der Waals surface area contributed by atoms with Gasteiger partial charge in [-0.25, -0.2) is 0 Å². The lowest BCUT2D eigenvalue weighted by molar-refractivity contribution is -0.127. The number of nitrogens with one attached hydrogen (secondary N) is 1. The van der Waals surface area contributed by atoms with Gasteiger partial charge >= 0.3 is 0 Å². The lowest BCUT2D eigenvalue weighted by Crippen LogP contribution is -2.36. The molecule has 0 spiro atoms. The van der Waals surface area contributed by atoms with Gasteiger partial charge in [-0.05, 0) is 36.6 Å². The third kappa shape index (κ3) is 4.71. The van der Waals surface area contributed by atoms with Crippen LogP contribution < -0.4 is 10.1 Å². The zero-order valence-corrected chi connectivity index (χ0v) is 13.2. The second kappa shape index (κ2) is 7.34. The zero-order chi connectivity index (χ0) is 14.4. The first-order valence-corrected chi connectivity index (χ1v) is 7.09. The summed E-state index contributed by atoms with van der Waals surface area (Å²) in [6.07, 6.45) is 1.11. The summed E-state index contributed by atoms with van der Waals surface area (Å²) in [5.74, 6) is 0.938. The van der Waals surface area contributed by atoms with E-state index < -0.39 is 6.10 Å². The fraction of sp³-hybridized carbons (Fsp3) is 0.400. The van der Waals surface area contributed by atoms with Gasteiger partial charge in [-0.2, -0.15) is 0 Å². The first-order chi connectivity index (χ1) is 8.95. The molecule has 0 aliphatic heterocycles. The van der Waals surface area contributed by atoms with E-state index in [9.17, 15) is 4.79 Å². The molecule has 1 aromatic carbocycles. The zero-order valence-electron chi connectivity index (χ0n) is 11.6. The highest BCUT2D eigenvalue weighted by atomic mass is 79.9. The van der Waals surface area contributed by atoms with E-state index in [1.807, 2.05) is 18.2 Å². The van der Waals surface area contributed by atoms with E-state index in [1.165, 1.54) is 0 Å². The predicted molar refractivity (Wildman–Crippen MR) is 81.5 cm³/mol. The maximum atomic E-state index is 11.8. The van der Waals surface area contributed by atoms with E-state index in [1.54, 1.807) is 13.0 Å². The Morgan fingerprint density at radius 3 is 2.74 bits per heavy atom. The largest absolute Gasteiger partial charge is 0.481 e. The fourth-order valence-electron chi connectivity index (χ4n) is 1.64. The van der Waals surface area contributed by atoms with Gasteiger partial charge in [0.2, 0.25) is 0 Å². The Labute approximate surface area is 123 Å². The van der Waals surface area contributed by atoms with Crippen LogP contribution in [-0.2, 0) is 4.79 Å². The third-order valence-corrected chi connectivity index (χ3v) is 3.18. The van der Waals surface area contributed by atoms with Gasteiger partial charge in [0.05, 0.1) is 0 Å². The summed E-state index contributed by atoms with van der Waals surface area (Å²) in [6, 6.07) is 5.82. The van der Waals surface area contributed by atoms with Crippen molar-refractivity contribution in [3.63, 3.8) is 0 Å². The summed E-state index contributed by atoms with van der Waals surface area (Å²) in [5.41, 5.74) is 1.08. The number of amides is 1. The van der Waals surface area contributed by atoms with Crippen molar-refractivity contribution in [1.29, 1.82) is 0 Å². The molecule has 4 heteroatoms. The molecule has 0 heterocycles. The molecule has 19 heavy (non-hydrogen) atoms. The minimum absolute atomic E-state index is 0.141. The number of benzene rings is 1. The number of halogens is 1. The van der Waals surface area contributed by atoms with Crippen molar-refractivity contribution in [2.75, 3.05) is 6.54 Å². The molecule has 0 aliphatic rings. The molecule has 104 valence electrons. The Balaban J connectivity index is 2.81. The molecule has 1 atom stereocenters. The van der Waals surface area contributed by atoms with Gasteiger partial charge in [-0.1, -0.05) is 35.9 Å². The number of rotatable bonds is 6. The maximum absolute atomic E-state index is 11.8. The van der Waals surface area contributed by atoms with Crippen LogP contribution in [0.1, 0.15) is 32.3 Å². The van der Waals surface area contributed by atoms with Crippen molar-refractivity contribution >= 4 is 21.8 Å². The monoisotopic (exact) mass is 325 g/mol. The van der Waals surface area contributed by atoms with Crippen molar-refractivity contribution in [3.05, 3.63) is 40.9 Å². The van der Waals surface area contributed by atoms with Crippen molar-refractivity contribution in [2.24, 2.45) is 0 Å². The first kappa shape index (κ1) is 15.8. The third-order valence-electron chi connectivity index (χ3n) is 2.69. The van der Waals surface area contributed by atoms with Crippen molar-refractivity contribution in [2.45, 2.75) is 32.8 Å². The molecule has 1 rings (SSSR count). The number of ether oxygens (including phenoxy) is 1. The predicted octanol–water partition coefficient (Wildman–Crippen LogP) is 3.64. The van der Waals surface area contributed by atoms with Crippen LogP contribution in [0.5, 0.6) is 5.75 Å². The van der Waals surface area contributed by atoms with Gasteiger partial charge in [0, 0.05) is 11.0 Å². The quantitative estimate of drug-likeness (QED) is 0.811. The maximum Gasteiger partial charge on any atom is 0.261 e. The molecule has 1 N–H and O–H groups in total. The Hall–Kier alpha value is -1.29. The van der Waals surface area contributed by atoms with Crippen LogP contribution in [-0.4, -0.2) is 18.6 Å². The van der Waals surface area contributed by atoms with Gasteiger partial charge in [0.1, 0.15) is 5.75 Å². The number of hydrogen-bond donors (Lipinski definition) is 1. The lowest BCUT2D eigenvalue weighted by atomic mass is 10.0. The standard InChI is InChI=1S/C15H20BrNO2/c1-5-8-17-15(18)11(4)19-14-7-6-12(16)9-13(14)10(2)3/h5-7,9-11H,1,8H2,2-4H3,(H,17,18). The van der Waals surface area contributed by atoms with Crippen LogP contribution >= 0.6 is 15.9 Å². The molecular weight excluding hydrogens is 306 g/mol. The molecule has 0 fully saturated rings. The molecule has 0 saturated heterocycles. The van der Waals surface area contributed by atoms with Gasteiger partial charge in [0.15, 0.2) is 6.10 Å². The van der Waals surface area contributed by atoms with Gasteiger partial charge in [-0.3, -0.25) is 4.79 Å².